The van der Waals surface area contributed by atoms with E-state index in [2.05, 4.69) is 25.8 Å². The Hall–Kier alpha value is -3.10. The summed E-state index contributed by atoms with van der Waals surface area (Å²) in [6.45, 7) is 7.89. The Morgan fingerprint density at radius 2 is 1.76 bits per heavy atom. The van der Waals surface area contributed by atoms with Crippen LogP contribution in [0, 0.1) is 39.0 Å². The van der Waals surface area contributed by atoms with Crippen LogP contribution in [-0.4, -0.2) is 10.5 Å². The first-order valence-electron chi connectivity index (χ1n) is 9.25. The fourth-order valence-electron chi connectivity index (χ4n) is 3.29. The van der Waals surface area contributed by atoms with Crippen molar-refractivity contribution in [2.75, 3.05) is 5.32 Å². The van der Waals surface area contributed by atoms with Gasteiger partial charge in [0.15, 0.2) is 0 Å². The molecule has 146 valence electrons. The van der Waals surface area contributed by atoms with E-state index in [1.165, 1.54) is 0 Å². The van der Waals surface area contributed by atoms with Crippen LogP contribution in [0.4, 0.5) is 5.69 Å². The third-order valence-electron chi connectivity index (χ3n) is 4.86. The van der Waals surface area contributed by atoms with E-state index in [0.717, 1.165) is 43.9 Å². The lowest BCUT2D eigenvalue weighted by Crippen LogP contribution is -2.14. The molecule has 0 bridgehead atoms. The zero-order valence-electron chi connectivity index (χ0n) is 16.9. The molecule has 0 saturated heterocycles. The molecule has 5 heteroatoms. The lowest BCUT2D eigenvalue weighted by atomic mass is 10.1. The predicted molar refractivity (Wildman–Crippen MR) is 121 cm³/mol. The first-order chi connectivity index (χ1) is 13.8. The number of hydrogen-bond acceptors (Lipinski definition) is 2. The number of aryl methyl sites for hydroxylation is 3. The van der Waals surface area contributed by atoms with Crippen LogP contribution in [0.2, 0.25) is 0 Å². The molecule has 0 aliphatic carbocycles. The number of halogens is 1. The van der Waals surface area contributed by atoms with Crippen LogP contribution in [-0.2, 0) is 4.79 Å². The van der Waals surface area contributed by atoms with Gasteiger partial charge in [-0.2, -0.15) is 5.26 Å². The van der Waals surface area contributed by atoms with Crippen LogP contribution in [0.1, 0.15) is 28.1 Å². The molecule has 0 fully saturated rings. The van der Waals surface area contributed by atoms with Gasteiger partial charge in [-0.15, -0.1) is 0 Å². The van der Waals surface area contributed by atoms with Crippen molar-refractivity contribution >= 4 is 33.6 Å². The molecule has 0 aliphatic rings. The third kappa shape index (κ3) is 4.49. The predicted octanol–water partition coefficient (Wildman–Crippen LogP) is 6.02. The average molecular weight is 448 g/mol. The van der Waals surface area contributed by atoms with Crippen LogP contribution < -0.4 is 5.32 Å². The van der Waals surface area contributed by atoms with Gasteiger partial charge in [0.2, 0.25) is 0 Å². The summed E-state index contributed by atoms with van der Waals surface area (Å²) < 4.78 is 3.12. The number of aromatic nitrogens is 1. The first kappa shape index (κ1) is 20.6. The van der Waals surface area contributed by atoms with E-state index in [1.807, 2.05) is 82.3 Å². The molecule has 0 spiro atoms. The highest BCUT2D eigenvalue weighted by molar-refractivity contribution is 9.10. The molecule has 1 N–H and O–H groups in total. The maximum Gasteiger partial charge on any atom is 0.266 e. The van der Waals surface area contributed by atoms with Crippen LogP contribution in [0.15, 0.2) is 58.6 Å². The summed E-state index contributed by atoms with van der Waals surface area (Å²) >= 11 is 3.46. The van der Waals surface area contributed by atoms with Crippen LogP contribution in [0.3, 0.4) is 0 Å². The monoisotopic (exact) mass is 447 g/mol. The Morgan fingerprint density at radius 3 is 2.41 bits per heavy atom. The number of nitrogens with one attached hydrogen (secondary N) is 1. The summed E-state index contributed by atoms with van der Waals surface area (Å²) in [5.74, 6) is -0.408. The van der Waals surface area contributed by atoms with E-state index >= 15 is 0 Å². The number of rotatable bonds is 4. The number of amides is 1. The van der Waals surface area contributed by atoms with Crippen molar-refractivity contribution in [3.05, 3.63) is 86.7 Å². The second-order valence-corrected chi connectivity index (χ2v) is 8.00. The molecule has 0 aliphatic heterocycles. The Morgan fingerprint density at radius 1 is 1.07 bits per heavy atom. The van der Waals surface area contributed by atoms with Crippen LogP contribution in [0.5, 0.6) is 0 Å². The molecule has 0 radical (unpaired) electrons. The van der Waals surface area contributed by atoms with Crippen LogP contribution >= 0.6 is 15.9 Å². The highest BCUT2D eigenvalue weighted by atomic mass is 79.9. The quantitative estimate of drug-likeness (QED) is 0.392. The summed E-state index contributed by atoms with van der Waals surface area (Å²) in [6, 6.07) is 17.9. The number of hydrogen-bond donors (Lipinski definition) is 1. The number of nitrogens with zero attached hydrogens (tertiary/aromatic N) is 2. The molecule has 4 nitrogen and oxygen atoms in total. The highest BCUT2D eigenvalue weighted by Gasteiger charge is 2.14. The van der Waals surface area contributed by atoms with Crippen molar-refractivity contribution < 1.29 is 4.79 Å². The second kappa shape index (κ2) is 8.50. The van der Waals surface area contributed by atoms with Gasteiger partial charge in [-0.25, -0.2) is 0 Å². The maximum absolute atomic E-state index is 12.7. The van der Waals surface area contributed by atoms with E-state index in [0.29, 0.717) is 0 Å². The fourth-order valence-corrected chi connectivity index (χ4v) is 3.55. The SMILES string of the molecule is Cc1ccc(C)c(NC(=O)/C(C#N)=C/c2cc(C)n(-c3ccc(Br)cc3)c2C)c1. The van der Waals surface area contributed by atoms with Crippen LogP contribution in [0.25, 0.3) is 11.8 Å². The highest BCUT2D eigenvalue weighted by Crippen LogP contribution is 2.24. The van der Waals surface area contributed by atoms with Gasteiger partial charge >= 0.3 is 0 Å². The Bertz CT molecular complexity index is 1150. The van der Waals surface area contributed by atoms with Crippen molar-refractivity contribution in [3.8, 4) is 11.8 Å². The summed E-state index contributed by atoms with van der Waals surface area (Å²) in [5, 5.41) is 12.4. The summed E-state index contributed by atoms with van der Waals surface area (Å²) in [5.41, 5.74) is 6.67. The number of carbonyl (C=O) groups is 1. The summed E-state index contributed by atoms with van der Waals surface area (Å²) in [4.78, 5) is 12.7. The lowest BCUT2D eigenvalue weighted by Gasteiger charge is -2.10. The van der Waals surface area contributed by atoms with Gasteiger partial charge in [-0.3, -0.25) is 4.79 Å². The van der Waals surface area contributed by atoms with Gasteiger partial charge < -0.3 is 9.88 Å². The van der Waals surface area contributed by atoms with E-state index in [-0.39, 0.29) is 5.57 Å². The van der Waals surface area contributed by atoms with Gasteiger partial charge in [-0.1, -0.05) is 28.1 Å². The zero-order chi connectivity index (χ0) is 21.1. The maximum atomic E-state index is 12.7. The Labute approximate surface area is 179 Å². The molecular weight excluding hydrogens is 426 g/mol. The standard InChI is InChI=1S/C24H22BrN3O/c1-15-5-6-16(2)23(11-15)27-24(29)20(14-26)13-19-12-17(3)28(18(19)4)22-9-7-21(25)8-10-22/h5-13H,1-4H3,(H,27,29)/b20-13+. The molecule has 0 unspecified atom stereocenters. The number of carbonyl (C=O) groups excluding carboxylic acids is 1. The average Bonchev–Trinajstić information content (AvgIpc) is 2.96. The van der Waals surface area contributed by atoms with E-state index in [9.17, 15) is 10.1 Å². The molecule has 0 saturated carbocycles. The summed E-state index contributed by atoms with van der Waals surface area (Å²) in [7, 11) is 0. The molecule has 2 aromatic carbocycles. The smallest absolute Gasteiger partial charge is 0.266 e. The molecule has 0 atom stereocenters. The molecule has 1 aromatic heterocycles. The van der Waals surface area contributed by atoms with Gasteiger partial charge in [0.05, 0.1) is 0 Å². The van der Waals surface area contributed by atoms with Crippen molar-refractivity contribution in [3.63, 3.8) is 0 Å². The van der Waals surface area contributed by atoms with E-state index in [4.69, 9.17) is 0 Å². The lowest BCUT2D eigenvalue weighted by molar-refractivity contribution is -0.112. The topological polar surface area (TPSA) is 57.8 Å². The molecule has 3 rings (SSSR count). The largest absolute Gasteiger partial charge is 0.321 e. The normalized spacial score (nSPS) is 11.2. The fraction of sp³-hybridized carbons (Fsp3) is 0.167. The molecule has 29 heavy (non-hydrogen) atoms. The van der Waals surface area contributed by atoms with Crippen molar-refractivity contribution in [2.45, 2.75) is 27.7 Å². The number of anilines is 1. The molecule has 1 heterocycles. The van der Waals surface area contributed by atoms with Gasteiger partial charge in [0.1, 0.15) is 11.6 Å². The van der Waals surface area contributed by atoms with Crippen molar-refractivity contribution in [2.24, 2.45) is 0 Å². The van der Waals surface area contributed by atoms with Gasteiger partial charge in [0, 0.05) is 27.2 Å². The minimum Gasteiger partial charge on any atom is -0.321 e. The van der Waals surface area contributed by atoms with Gasteiger partial charge in [-0.05, 0) is 86.9 Å². The number of benzene rings is 2. The summed E-state index contributed by atoms with van der Waals surface area (Å²) in [6.07, 6.45) is 1.65. The minimum absolute atomic E-state index is 0.0713. The van der Waals surface area contributed by atoms with Crippen molar-refractivity contribution in [1.82, 2.24) is 4.57 Å². The number of nitriles is 1. The Balaban J connectivity index is 1.94. The van der Waals surface area contributed by atoms with E-state index in [1.54, 1.807) is 6.08 Å². The minimum atomic E-state index is -0.408. The van der Waals surface area contributed by atoms with Crippen molar-refractivity contribution in [1.29, 1.82) is 5.26 Å². The first-order valence-corrected chi connectivity index (χ1v) is 10.0. The molecule has 3 aromatic rings. The third-order valence-corrected chi connectivity index (χ3v) is 5.39. The molecular formula is C24H22BrN3O. The molecule has 1 amide bonds. The van der Waals surface area contributed by atoms with Gasteiger partial charge in [0.25, 0.3) is 5.91 Å². The zero-order valence-corrected chi connectivity index (χ0v) is 18.5. The Kier molecular flexibility index (Phi) is 6.05. The second-order valence-electron chi connectivity index (χ2n) is 7.08. The van der Waals surface area contributed by atoms with E-state index < -0.39 is 5.91 Å².